The molecule has 2 heterocycles. The zero-order valence-corrected chi connectivity index (χ0v) is 14.1. The van der Waals surface area contributed by atoms with Gasteiger partial charge in [-0.25, -0.2) is 17.5 Å². The number of hydrogen-bond acceptors (Lipinski definition) is 5. The maximum absolute atomic E-state index is 12.7. The number of benzene rings is 1. The van der Waals surface area contributed by atoms with E-state index >= 15 is 0 Å². The number of carbonyl (C=O) groups excluding carboxylic acids is 1. The second-order valence-electron chi connectivity index (χ2n) is 5.67. The Morgan fingerprint density at radius 2 is 2.04 bits per heavy atom. The number of aromatic nitrogens is 1. The second-order valence-corrected chi connectivity index (χ2v) is 7.93. The third-order valence-corrected chi connectivity index (χ3v) is 6.05. The van der Waals surface area contributed by atoms with Crippen molar-refractivity contribution in [1.82, 2.24) is 14.2 Å². The van der Waals surface area contributed by atoms with Crippen LogP contribution in [0.25, 0.3) is 11.1 Å². The topological polar surface area (TPSA) is 104 Å². The molecule has 1 aromatic carbocycles. The molecular weight excluding hydrogens is 334 g/mol. The van der Waals surface area contributed by atoms with E-state index in [4.69, 9.17) is 4.42 Å². The van der Waals surface area contributed by atoms with E-state index in [9.17, 15) is 18.0 Å². The molecular formula is C15H19N3O5S. The van der Waals surface area contributed by atoms with Crippen LogP contribution in [-0.2, 0) is 10.0 Å². The first-order valence-electron chi connectivity index (χ1n) is 7.80. The van der Waals surface area contributed by atoms with Crippen LogP contribution in [0.1, 0.15) is 23.7 Å². The molecule has 2 aromatic rings. The summed E-state index contributed by atoms with van der Waals surface area (Å²) in [4.78, 5) is 28.0. The third-order valence-electron chi connectivity index (χ3n) is 4.17. The number of oxazole rings is 1. The number of hydrogen-bond donors (Lipinski definition) is 1. The largest absolute Gasteiger partial charge is 0.417 e. The number of carbonyl (C=O) groups is 1. The van der Waals surface area contributed by atoms with Gasteiger partial charge in [0.2, 0.25) is 10.0 Å². The summed E-state index contributed by atoms with van der Waals surface area (Å²) in [6, 6.07) is 4.76. The van der Waals surface area contributed by atoms with Crippen molar-refractivity contribution in [2.75, 3.05) is 31.9 Å². The van der Waals surface area contributed by atoms with Crippen molar-refractivity contribution in [1.29, 1.82) is 0 Å². The van der Waals surface area contributed by atoms with Gasteiger partial charge in [0.25, 0.3) is 5.91 Å². The Kier molecular flexibility index (Phi) is 4.46. The average molecular weight is 353 g/mol. The van der Waals surface area contributed by atoms with E-state index < -0.39 is 15.8 Å². The molecule has 8 nitrogen and oxygen atoms in total. The van der Waals surface area contributed by atoms with Crippen LogP contribution in [0.5, 0.6) is 0 Å². The van der Waals surface area contributed by atoms with Crippen LogP contribution in [0, 0.1) is 0 Å². The van der Waals surface area contributed by atoms with Gasteiger partial charge in [0.05, 0.1) is 11.3 Å². The molecule has 1 amide bonds. The maximum atomic E-state index is 12.7. The first-order chi connectivity index (χ1) is 11.4. The maximum Gasteiger partial charge on any atom is 0.417 e. The van der Waals surface area contributed by atoms with E-state index in [1.165, 1.54) is 4.31 Å². The molecule has 1 aromatic heterocycles. The van der Waals surface area contributed by atoms with Gasteiger partial charge >= 0.3 is 5.76 Å². The molecule has 1 aliphatic rings. The smallest absolute Gasteiger partial charge is 0.408 e. The summed E-state index contributed by atoms with van der Waals surface area (Å²) in [5, 5.41) is 0. The molecule has 0 bridgehead atoms. The summed E-state index contributed by atoms with van der Waals surface area (Å²) in [5.41, 5.74) is 1.30. The molecule has 1 N–H and O–H groups in total. The van der Waals surface area contributed by atoms with E-state index in [0.717, 1.165) is 0 Å². The molecule has 130 valence electrons. The molecule has 0 unspecified atom stereocenters. The Morgan fingerprint density at radius 1 is 1.25 bits per heavy atom. The van der Waals surface area contributed by atoms with E-state index in [1.54, 1.807) is 30.0 Å². The van der Waals surface area contributed by atoms with E-state index in [2.05, 4.69) is 4.98 Å². The normalized spacial score (nSPS) is 17.1. The van der Waals surface area contributed by atoms with E-state index in [-0.39, 0.29) is 11.7 Å². The van der Waals surface area contributed by atoms with Gasteiger partial charge in [-0.05, 0) is 31.5 Å². The first-order valence-corrected chi connectivity index (χ1v) is 9.41. The molecule has 24 heavy (non-hydrogen) atoms. The minimum Gasteiger partial charge on any atom is -0.408 e. The molecule has 0 radical (unpaired) electrons. The Morgan fingerprint density at radius 3 is 2.79 bits per heavy atom. The molecule has 1 saturated heterocycles. The lowest BCUT2D eigenvalue weighted by atomic mass is 10.1. The Hall–Kier alpha value is -2.13. The fourth-order valence-corrected chi connectivity index (χ4v) is 3.96. The summed E-state index contributed by atoms with van der Waals surface area (Å²) < 4.78 is 30.3. The van der Waals surface area contributed by atoms with Gasteiger partial charge in [0, 0.05) is 31.7 Å². The lowest BCUT2D eigenvalue weighted by Crippen LogP contribution is -2.37. The highest BCUT2D eigenvalue weighted by atomic mass is 32.2. The van der Waals surface area contributed by atoms with Gasteiger partial charge in [-0.2, -0.15) is 0 Å². The molecule has 0 atom stereocenters. The minimum atomic E-state index is -3.24. The molecule has 1 fully saturated rings. The van der Waals surface area contributed by atoms with Gasteiger partial charge in [-0.3, -0.25) is 9.78 Å². The summed E-state index contributed by atoms with van der Waals surface area (Å²) in [6.07, 6.45) is 0.593. The predicted molar refractivity (Wildman–Crippen MR) is 88.4 cm³/mol. The first kappa shape index (κ1) is 16.7. The van der Waals surface area contributed by atoms with E-state index in [0.29, 0.717) is 49.3 Å². The Balaban J connectivity index is 1.78. The summed E-state index contributed by atoms with van der Waals surface area (Å²) in [6.45, 7) is 3.18. The summed E-state index contributed by atoms with van der Waals surface area (Å²) >= 11 is 0. The number of sulfonamides is 1. The van der Waals surface area contributed by atoms with Crippen LogP contribution in [0.3, 0.4) is 0 Å². The van der Waals surface area contributed by atoms with Crippen molar-refractivity contribution in [2.24, 2.45) is 0 Å². The van der Waals surface area contributed by atoms with Crippen LogP contribution in [-0.4, -0.2) is 60.4 Å². The van der Waals surface area contributed by atoms with Gasteiger partial charge in [-0.15, -0.1) is 0 Å². The second kappa shape index (κ2) is 6.40. The zero-order valence-electron chi connectivity index (χ0n) is 13.3. The lowest BCUT2D eigenvalue weighted by Gasteiger charge is -2.21. The van der Waals surface area contributed by atoms with Gasteiger partial charge in [-0.1, -0.05) is 0 Å². The number of H-pyrrole nitrogens is 1. The number of nitrogens with one attached hydrogen (secondary N) is 1. The fourth-order valence-electron chi connectivity index (χ4n) is 2.83. The van der Waals surface area contributed by atoms with Crippen molar-refractivity contribution in [3.8, 4) is 0 Å². The SMILES string of the molecule is CCS(=O)(=O)N1CCCN(C(=O)c2ccc3oc(=O)[nH]c3c2)CC1. The lowest BCUT2D eigenvalue weighted by molar-refractivity contribution is 0.0764. The standard InChI is InChI=1S/C15H19N3O5S/c1-2-24(21,22)18-7-3-6-17(8-9-18)14(19)11-4-5-13-12(10-11)16-15(20)23-13/h4-5,10H,2-3,6-9H2,1H3,(H,16,20). The summed E-state index contributed by atoms with van der Waals surface area (Å²) in [7, 11) is -3.24. The van der Waals surface area contributed by atoms with Crippen molar-refractivity contribution < 1.29 is 17.6 Å². The number of nitrogens with zero attached hydrogens (tertiary/aromatic N) is 2. The quantitative estimate of drug-likeness (QED) is 0.871. The number of aromatic amines is 1. The number of rotatable bonds is 3. The monoisotopic (exact) mass is 353 g/mol. The molecule has 1 aliphatic heterocycles. The van der Waals surface area contributed by atoms with Crippen molar-refractivity contribution in [3.05, 3.63) is 34.3 Å². The van der Waals surface area contributed by atoms with Crippen molar-refractivity contribution >= 4 is 27.0 Å². The molecule has 3 rings (SSSR count). The van der Waals surface area contributed by atoms with Crippen LogP contribution in [0.4, 0.5) is 0 Å². The van der Waals surface area contributed by atoms with E-state index in [1.807, 2.05) is 0 Å². The van der Waals surface area contributed by atoms with Crippen LogP contribution >= 0.6 is 0 Å². The average Bonchev–Trinajstić information content (AvgIpc) is 2.77. The fraction of sp³-hybridized carbons (Fsp3) is 0.467. The highest BCUT2D eigenvalue weighted by molar-refractivity contribution is 7.89. The molecule has 9 heteroatoms. The molecule has 0 saturated carbocycles. The number of fused-ring (bicyclic) bond motifs is 1. The van der Waals surface area contributed by atoms with Crippen LogP contribution in [0.15, 0.2) is 27.4 Å². The van der Waals surface area contributed by atoms with Crippen LogP contribution < -0.4 is 5.76 Å². The Bertz CT molecular complexity index is 915. The predicted octanol–water partition coefficient (Wildman–Crippen LogP) is 0.619. The van der Waals surface area contributed by atoms with Crippen molar-refractivity contribution in [2.45, 2.75) is 13.3 Å². The van der Waals surface area contributed by atoms with Gasteiger partial charge in [0.15, 0.2) is 5.58 Å². The molecule has 0 spiro atoms. The summed E-state index contributed by atoms with van der Waals surface area (Å²) in [5.74, 6) is -0.690. The number of amides is 1. The minimum absolute atomic E-state index is 0.0610. The van der Waals surface area contributed by atoms with Gasteiger partial charge < -0.3 is 9.32 Å². The highest BCUT2D eigenvalue weighted by Crippen LogP contribution is 2.16. The zero-order chi connectivity index (χ0) is 17.3. The van der Waals surface area contributed by atoms with Gasteiger partial charge in [0.1, 0.15) is 0 Å². The van der Waals surface area contributed by atoms with Crippen LogP contribution in [0.2, 0.25) is 0 Å². The molecule has 0 aliphatic carbocycles. The Labute approximate surface area is 139 Å². The third kappa shape index (κ3) is 3.22. The highest BCUT2D eigenvalue weighted by Gasteiger charge is 2.26. The van der Waals surface area contributed by atoms with Crippen molar-refractivity contribution in [3.63, 3.8) is 0 Å².